The van der Waals surface area contributed by atoms with Crippen LogP contribution in [0.5, 0.6) is 0 Å². The van der Waals surface area contributed by atoms with E-state index in [1.54, 1.807) is 0 Å². The second-order valence-electron chi connectivity index (χ2n) is 11.2. The highest BCUT2D eigenvalue weighted by Crippen LogP contribution is 2.18. The molecule has 1 aromatic rings. The van der Waals surface area contributed by atoms with E-state index in [0.29, 0.717) is 26.1 Å². The van der Waals surface area contributed by atoms with Crippen molar-refractivity contribution in [3.05, 3.63) is 35.9 Å². The number of carbonyl (C=O) groups is 2. The number of hydrogen-bond acceptors (Lipinski definition) is 2. The van der Waals surface area contributed by atoms with Crippen LogP contribution in [0.15, 0.2) is 30.3 Å². The Balaban J connectivity index is 0.00000684. The molecule has 0 aliphatic carbocycles. The average molecular weight is 536 g/mol. The lowest BCUT2D eigenvalue weighted by Gasteiger charge is -2.37. The van der Waals surface area contributed by atoms with E-state index in [2.05, 4.69) is 43.6 Å². The molecule has 212 valence electrons. The van der Waals surface area contributed by atoms with Crippen molar-refractivity contribution in [2.45, 2.75) is 116 Å². The van der Waals surface area contributed by atoms with Gasteiger partial charge in [0.1, 0.15) is 6.54 Å². The lowest BCUT2D eigenvalue weighted by Crippen LogP contribution is -3.00. The van der Waals surface area contributed by atoms with Crippen molar-refractivity contribution < 1.29 is 26.5 Å². The predicted molar refractivity (Wildman–Crippen MR) is 150 cm³/mol. The Hall–Kier alpha value is -1.59. The fraction of sp³-hybridized carbons (Fsp3) is 0.742. The Morgan fingerprint density at radius 1 is 0.892 bits per heavy atom. The molecule has 1 aliphatic rings. The van der Waals surface area contributed by atoms with Crippen molar-refractivity contribution >= 4 is 11.8 Å². The van der Waals surface area contributed by atoms with Crippen LogP contribution in [-0.4, -0.2) is 54.5 Å². The SMILES string of the molecule is CCCCCCCCCCCCCCCC(=O)NCC[N+](C)(Cc1ccccc1)CN1CCCC1=O.[Cl-]. The van der Waals surface area contributed by atoms with Gasteiger partial charge in [-0.2, -0.15) is 0 Å². The maximum Gasteiger partial charge on any atom is 0.226 e. The summed E-state index contributed by atoms with van der Waals surface area (Å²) in [6, 6.07) is 10.5. The lowest BCUT2D eigenvalue weighted by molar-refractivity contribution is -0.929. The second-order valence-corrected chi connectivity index (χ2v) is 11.2. The van der Waals surface area contributed by atoms with Crippen LogP contribution < -0.4 is 17.7 Å². The first kappa shape index (κ1) is 33.4. The molecular formula is C31H54ClN3O2. The van der Waals surface area contributed by atoms with Gasteiger partial charge in [0, 0.05) is 24.9 Å². The summed E-state index contributed by atoms with van der Waals surface area (Å²) in [7, 11) is 2.21. The number of unbranched alkanes of at least 4 members (excludes halogenated alkanes) is 12. The van der Waals surface area contributed by atoms with Crippen LogP contribution in [0.25, 0.3) is 0 Å². The quantitative estimate of drug-likeness (QED) is 0.192. The van der Waals surface area contributed by atoms with Gasteiger partial charge in [0.2, 0.25) is 11.8 Å². The molecule has 1 saturated heterocycles. The van der Waals surface area contributed by atoms with Gasteiger partial charge in [-0.05, 0) is 12.8 Å². The Bertz CT molecular complexity index is 730. The highest BCUT2D eigenvalue weighted by atomic mass is 35.5. The summed E-state index contributed by atoms with van der Waals surface area (Å²) >= 11 is 0. The first-order valence-electron chi connectivity index (χ1n) is 14.9. The van der Waals surface area contributed by atoms with Crippen LogP contribution in [0.4, 0.5) is 0 Å². The minimum atomic E-state index is 0. The smallest absolute Gasteiger partial charge is 0.226 e. The van der Waals surface area contributed by atoms with Gasteiger partial charge in [-0.3, -0.25) is 14.5 Å². The molecule has 1 aromatic carbocycles. The molecule has 1 atom stereocenters. The Morgan fingerprint density at radius 3 is 2.00 bits per heavy atom. The summed E-state index contributed by atoms with van der Waals surface area (Å²) < 4.78 is 0.731. The minimum absolute atomic E-state index is 0. The van der Waals surface area contributed by atoms with Crippen molar-refractivity contribution in [1.82, 2.24) is 10.2 Å². The molecule has 0 radical (unpaired) electrons. The summed E-state index contributed by atoms with van der Waals surface area (Å²) in [5, 5.41) is 3.15. The highest BCUT2D eigenvalue weighted by molar-refractivity contribution is 5.77. The number of nitrogens with zero attached hydrogens (tertiary/aromatic N) is 2. The average Bonchev–Trinajstić information content (AvgIpc) is 3.26. The van der Waals surface area contributed by atoms with Crippen molar-refractivity contribution in [2.75, 3.05) is 33.4 Å². The zero-order valence-electron chi connectivity index (χ0n) is 23.8. The normalized spacial score (nSPS) is 14.9. The number of carbonyl (C=O) groups excluding carboxylic acids is 2. The van der Waals surface area contributed by atoms with Gasteiger partial charge in [-0.1, -0.05) is 114 Å². The van der Waals surface area contributed by atoms with E-state index in [4.69, 9.17) is 0 Å². The number of nitrogens with one attached hydrogen (secondary N) is 1. The summed E-state index contributed by atoms with van der Waals surface area (Å²) in [5.41, 5.74) is 1.27. The minimum Gasteiger partial charge on any atom is -1.00 e. The van der Waals surface area contributed by atoms with Gasteiger partial charge in [0.05, 0.1) is 20.1 Å². The van der Waals surface area contributed by atoms with Gasteiger partial charge < -0.3 is 22.2 Å². The monoisotopic (exact) mass is 535 g/mol. The number of rotatable bonds is 21. The number of hydrogen-bond donors (Lipinski definition) is 1. The van der Waals surface area contributed by atoms with Crippen LogP contribution in [-0.2, 0) is 16.1 Å². The molecule has 1 N–H and O–H groups in total. The molecule has 0 saturated carbocycles. The predicted octanol–water partition coefficient (Wildman–Crippen LogP) is 3.81. The number of quaternary nitrogens is 1. The van der Waals surface area contributed by atoms with Gasteiger partial charge >= 0.3 is 0 Å². The maximum absolute atomic E-state index is 12.4. The highest BCUT2D eigenvalue weighted by Gasteiger charge is 2.30. The fourth-order valence-electron chi connectivity index (χ4n) is 5.35. The third-order valence-corrected chi connectivity index (χ3v) is 7.57. The summed E-state index contributed by atoms with van der Waals surface area (Å²) in [5.74, 6) is 0.431. The second kappa shape index (κ2) is 20.4. The summed E-state index contributed by atoms with van der Waals surface area (Å²) in [6.07, 6.45) is 19.4. The van der Waals surface area contributed by atoms with Crippen LogP contribution in [0.3, 0.4) is 0 Å². The Morgan fingerprint density at radius 2 is 1.46 bits per heavy atom. The van der Waals surface area contributed by atoms with Crippen molar-refractivity contribution in [3.8, 4) is 0 Å². The van der Waals surface area contributed by atoms with Crippen molar-refractivity contribution in [2.24, 2.45) is 0 Å². The molecular weight excluding hydrogens is 482 g/mol. The number of likely N-dealkylation sites (tertiary alicyclic amines) is 1. The number of halogens is 1. The van der Waals surface area contributed by atoms with E-state index < -0.39 is 0 Å². The van der Waals surface area contributed by atoms with Crippen LogP contribution in [0.1, 0.15) is 115 Å². The van der Waals surface area contributed by atoms with Gasteiger partial charge in [-0.25, -0.2) is 0 Å². The molecule has 1 heterocycles. The lowest BCUT2D eigenvalue weighted by atomic mass is 10.0. The van der Waals surface area contributed by atoms with E-state index in [-0.39, 0.29) is 24.2 Å². The first-order valence-corrected chi connectivity index (χ1v) is 14.9. The Labute approximate surface area is 233 Å². The van der Waals surface area contributed by atoms with Crippen LogP contribution in [0.2, 0.25) is 0 Å². The van der Waals surface area contributed by atoms with Crippen molar-refractivity contribution in [3.63, 3.8) is 0 Å². The molecule has 0 bridgehead atoms. The molecule has 0 aromatic heterocycles. The number of likely N-dealkylation sites (N-methyl/N-ethyl adjacent to an activating group) is 1. The molecule has 6 heteroatoms. The summed E-state index contributed by atoms with van der Waals surface area (Å²) in [6.45, 7) is 6.18. The molecule has 2 rings (SSSR count). The van der Waals surface area contributed by atoms with Gasteiger partial charge in [0.25, 0.3) is 0 Å². The van der Waals surface area contributed by atoms with E-state index >= 15 is 0 Å². The molecule has 1 fully saturated rings. The molecule has 1 aliphatic heterocycles. The third kappa shape index (κ3) is 15.4. The standard InChI is InChI=1S/C31H53N3O2.ClH/c1-3-4-5-6-7-8-9-10-11-12-13-14-18-22-30(35)32-24-26-34(2,27-29-20-16-15-17-21-29)28-33-25-19-23-31(33)36;/h15-17,20-21H,3-14,18-19,22-28H2,1-2H3;1H. The van der Waals surface area contributed by atoms with E-state index in [1.807, 2.05) is 11.0 Å². The first-order chi connectivity index (χ1) is 17.5. The number of benzene rings is 1. The topological polar surface area (TPSA) is 49.4 Å². The summed E-state index contributed by atoms with van der Waals surface area (Å²) in [4.78, 5) is 26.6. The van der Waals surface area contributed by atoms with E-state index in [1.165, 1.54) is 76.2 Å². The molecule has 0 spiro atoms. The van der Waals surface area contributed by atoms with Gasteiger partial charge in [0.15, 0.2) is 6.67 Å². The number of amides is 2. The largest absolute Gasteiger partial charge is 1.00 e. The zero-order chi connectivity index (χ0) is 25.9. The van der Waals surface area contributed by atoms with Crippen LogP contribution in [0, 0.1) is 0 Å². The zero-order valence-corrected chi connectivity index (χ0v) is 24.6. The molecule has 2 amide bonds. The third-order valence-electron chi connectivity index (χ3n) is 7.57. The molecule has 5 nitrogen and oxygen atoms in total. The van der Waals surface area contributed by atoms with Crippen molar-refractivity contribution in [1.29, 1.82) is 0 Å². The Kier molecular flexibility index (Phi) is 18.4. The maximum atomic E-state index is 12.4. The molecule has 1 unspecified atom stereocenters. The fourth-order valence-corrected chi connectivity index (χ4v) is 5.35. The van der Waals surface area contributed by atoms with E-state index in [9.17, 15) is 9.59 Å². The van der Waals surface area contributed by atoms with Crippen LogP contribution >= 0.6 is 0 Å². The van der Waals surface area contributed by atoms with Gasteiger partial charge in [-0.15, -0.1) is 0 Å². The molecule has 37 heavy (non-hydrogen) atoms. The van der Waals surface area contributed by atoms with E-state index in [0.717, 1.165) is 43.4 Å².